The molecular weight excluding hydrogens is 372 g/mol. The van der Waals surface area contributed by atoms with Gasteiger partial charge in [-0.25, -0.2) is 0 Å². The van der Waals surface area contributed by atoms with E-state index in [1.54, 1.807) is 6.92 Å². The Morgan fingerprint density at radius 2 is 1.62 bits per heavy atom. The van der Waals surface area contributed by atoms with Gasteiger partial charge in [0.25, 0.3) is 0 Å². The molecule has 6 nitrogen and oxygen atoms in total. The molecule has 0 heterocycles. The number of aldehydes is 1. The molecular formula is C23H22O6. The maximum atomic E-state index is 12.7. The number of carbonyl (C=O) groups excluding carboxylic acids is 2. The Hall–Kier alpha value is -3.38. The van der Waals surface area contributed by atoms with Crippen molar-refractivity contribution in [1.29, 1.82) is 0 Å². The highest BCUT2D eigenvalue weighted by Crippen LogP contribution is 2.33. The number of methoxy groups -OCH3 is 2. The molecule has 1 N–H and O–H groups in total. The first-order valence-electron chi connectivity index (χ1n) is 9.07. The predicted molar refractivity (Wildman–Crippen MR) is 109 cm³/mol. The molecule has 0 aliphatic rings. The summed E-state index contributed by atoms with van der Waals surface area (Å²) in [4.78, 5) is 24.0. The summed E-state index contributed by atoms with van der Waals surface area (Å²) in [5.41, 5.74) is 1.89. The molecule has 3 aromatic carbocycles. The third-order valence-corrected chi connectivity index (χ3v) is 4.82. The number of aliphatic hydroxyl groups is 1. The lowest BCUT2D eigenvalue weighted by Crippen LogP contribution is -2.16. The second kappa shape index (κ2) is 8.75. The van der Waals surface area contributed by atoms with Crippen molar-refractivity contribution in [2.45, 2.75) is 19.4 Å². The number of esters is 1. The number of aliphatic hydroxyl groups excluding tert-OH is 1. The highest BCUT2D eigenvalue weighted by atomic mass is 16.5. The third-order valence-electron chi connectivity index (χ3n) is 4.82. The van der Waals surface area contributed by atoms with Gasteiger partial charge in [-0.05, 0) is 34.9 Å². The minimum atomic E-state index is -0.514. The summed E-state index contributed by atoms with van der Waals surface area (Å²) in [6.07, 6.45) is 0.628. The first-order chi connectivity index (χ1) is 14.0. The van der Waals surface area contributed by atoms with E-state index in [2.05, 4.69) is 0 Å². The summed E-state index contributed by atoms with van der Waals surface area (Å²) in [6, 6.07) is 14.3. The van der Waals surface area contributed by atoms with E-state index in [1.165, 1.54) is 26.4 Å². The fourth-order valence-electron chi connectivity index (χ4n) is 3.11. The second-order valence-corrected chi connectivity index (χ2v) is 6.60. The van der Waals surface area contributed by atoms with Crippen molar-refractivity contribution in [2.75, 3.05) is 14.2 Å². The second-order valence-electron chi connectivity index (χ2n) is 6.60. The number of carbonyl (C=O) groups is 2. The summed E-state index contributed by atoms with van der Waals surface area (Å²) in [7, 11) is 2.85. The molecule has 0 saturated heterocycles. The minimum Gasteiger partial charge on any atom is -0.496 e. The lowest BCUT2D eigenvalue weighted by molar-refractivity contribution is -0.135. The van der Waals surface area contributed by atoms with Crippen molar-refractivity contribution < 1.29 is 28.9 Å². The topological polar surface area (TPSA) is 82.1 Å². The van der Waals surface area contributed by atoms with Crippen LogP contribution in [0.15, 0.2) is 48.5 Å². The van der Waals surface area contributed by atoms with Gasteiger partial charge >= 0.3 is 5.97 Å². The molecule has 29 heavy (non-hydrogen) atoms. The maximum absolute atomic E-state index is 12.7. The summed E-state index contributed by atoms with van der Waals surface area (Å²) >= 11 is 0. The van der Waals surface area contributed by atoms with Gasteiger partial charge < -0.3 is 19.3 Å². The van der Waals surface area contributed by atoms with Gasteiger partial charge in [-0.1, -0.05) is 30.3 Å². The van der Waals surface area contributed by atoms with Crippen LogP contribution in [0.1, 0.15) is 34.3 Å². The molecule has 150 valence electrons. The minimum absolute atomic E-state index is 0.0176. The summed E-state index contributed by atoms with van der Waals surface area (Å²) < 4.78 is 15.9. The van der Waals surface area contributed by atoms with E-state index in [0.717, 1.165) is 21.9 Å². The molecule has 0 fully saturated rings. The Bertz CT molecular complexity index is 1030. The van der Waals surface area contributed by atoms with Crippen molar-refractivity contribution in [3.63, 3.8) is 0 Å². The average Bonchev–Trinajstić information content (AvgIpc) is 2.76. The first-order valence-corrected chi connectivity index (χ1v) is 9.07. The van der Waals surface area contributed by atoms with Crippen LogP contribution in [0.4, 0.5) is 0 Å². The van der Waals surface area contributed by atoms with Crippen molar-refractivity contribution in [3.05, 3.63) is 65.2 Å². The third kappa shape index (κ3) is 4.22. The Kier molecular flexibility index (Phi) is 6.14. The van der Waals surface area contributed by atoms with E-state index < -0.39 is 11.9 Å². The number of benzene rings is 3. The van der Waals surface area contributed by atoms with Gasteiger partial charge in [0.2, 0.25) is 0 Å². The average molecular weight is 394 g/mol. The normalized spacial score (nSPS) is 11.7. The van der Waals surface area contributed by atoms with E-state index in [0.29, 0.717) is 6.29 Å². The van der Waals surface area contributed by atoms with E-state index in [1.807, 2.05) is 36.4 Å². The molecule has 0 saturated carbocycles. The van der Waals surface area contributed by atoms with Gasteiger partial charge in [0.05, 0.1) is 32.3 Å². The predicted octanol–water partition coefficient (Wildman–Crippen LogP) is 3.87. The summed E-state index contributed by atoms with van der Waals surface area (Å²) in [5.74, 6) is -0.200. The Morgan fingerprint density at radius 3 is 2.21 bits per heavy atom. The molecule has 0 radical (unpaired) electrons. The van der Waals surface area contributed by atoms with Gasteiger partial charge in [0, 0.05) is 12.1 Å². The van der Waals surface area contributed by atoms with Crippen LogP contribution < -0.4 is 14.2 Å². The molecule has 0 spiro atoms. The van der Waals surface area contributed by atoms with Gasteiger partial charge in [-0.15, -0.1) is 0 Å². The fraction of sp³-hybridized carbons (Fsp3) is 0.217. The van der Waals surface area contributed by atoms with Crippen LogP contribution in [-0.4, -0.2) is 31.6 Å². The SMILES string of the molecule is COc1cc(OC(=O)C(C)c2ccc3cc(CO)ccc3c2)cc(OC)c1C=O. The van der Waals surface area contributed by atoms with E-state index in [-0.39, 0.29) is 29.4 Å². The van der Waals surface area contributed by atoms with E-state index >= 15 is 0 Å². The molecule has 0 aromatic heterocycles. The highest BCUT2D eigenvalue weighted by Gasteiger charge is 2.20. The van der Waals surface area contributed by atoms with E-state index in [4.69, 9.17) is 14.2 Å². The van der Waals surface area contributed by atoms with Crippen molar-refractivity contribution in [2.24, 2.45) is 0 Å². The number of hydrogen-bond acceptors (Lipinski definition) is 6. The van der Waals surface area contributed by atoms with Crippen molar-refractivity contribution in [3.8, 4) is 17.2 Å². The van der Waals surface area contributed by atoms with Crippen LogP contribution in [0, 0.1) is 0 Å². The first kappa shape index (κ1) is 20.4. The summed E-state index contributed by atoms with van der Waals surface area (Å²) in [6.45, 7) is 1.75. The molecule has 6 heteroatoms. The number of hydrogen-bond donors (Lipinski definition) is 1. The lowest BCUT2D eigenvalue weighted by Gasteiger charge is -2.15. The smallest absolute Gasteiger partial charge is 0.318 e. The van der Waals surface area contributed by atoms with Crippen LogP contribution in [-0.2, 0) is 11.4 Å². The summed E-state index contributed by atoms with van der Waals surface area (Å²) in [5, 5.41) is 11.2. The monoisotopic (exact) mass is 394 g/mol. The van der Waals surface area contributed by atoms with Crippen LogP contribution >= 0.6 is 0 Å². The van der Waals surface area contributed by atoms with Gasteiger partial charge in [0.1, 0.15) is 17.2 Å². The molecule has 0 aliphatic heterocycles. The fourth-order valence-corrected chi connectivity index (χ4v) is 3.11. The lowest BCUT2D eigenvalue weighted by atomic mass is 9.97. The number of rotatable bonds is 7. The largest absolute Gasteiger partial charge is 0.496 e. The highest BCUT2D eigenvalue weighted by molar-refractivity contribution is 5.88. The number of fused-ring (bicyclic) bond motifs is 1. The molecule has 1 unspecified atom stereocenters. The molecule has 3 aromatic rings. The van der Waals surface area contributed by atoms with Crippen molar-refractivity contribution >= 4 is 23.0 Å². The van der Waals surface area contributed by atoms with Gasteiger partial charge in [-0.2, -0.15) is 0 Å². The number of ether oxygens (including phenoxy) is 3. The zero-order valence-electron chi connectivity index (χ0n) is 16.5. The molecule has 1 atom stereocenters. The Morgan fingerprint density at radius 1 is 1.00 bits per heavy atom. The zero-order chi connectivity index (χ0) is 21.0. The quantitative estimate of drug-likeness (QED) is 0.372. The Labute approximate surface area is 168 Å². The van der Waals surface area contributed by atoms with Gasteiger partial charge in [-0.3, -0.25) is 9.59 Å². The molecule has 0 bridgehead atoms. The Balaban J connectivity index is 1.85. The van der Waals surface area contributed by atoms with E-state index in [9.17, 15) is 14.7 Å². The van der Waals surface area contributed by atoms with Crippen molar-refractivity contribution in [1.82, 2.24) is 0 Å². The van der Waals surface area contributed by atoms with Crippen LogP contribution in [0.3, 0.4) is 0 Å². The molecule has 3 rings (SSSR count). The molecule has 0 amide bonds. The van der Waals surface area contributed by atoms with Crippen LogP contribution in [0.5, 0.6) is 17.2 Å². The standard InChI is InChI=1S/C23H22O6/c1-14(16-6-7-17-8-15(12-24)4-5-18(17)9-16)23(26)29-19-10-21(27-2)20(13-25)22(11-19)28-3/h4-11,13-14,24H,12H2,1-3H3. The zero-order valence-corrected chi connectivity index (χ0v) is 16.5. The van der Waals surface area contributed by atoms with Crippen LogP contribution in [0.2, 0.25) is 0 Å². The maximum Gasteiger partial charge on any atom is 0.318 e. The van der Waals surface area contributed by atoms with Gasteiger partial charge in [0.15, 0.2) is 6.29 Å². The van der Waals surface area contributed by atoms with Crippen LogP contribution in [0.25, 0.3) is 10.8 Å². The molecule has 0 aliphatic carbocycles.